The summed E-state index contributed by atoms with van der Waals surface area (Å²) >= 11 is 1.89. The number of methoxy groups -OCH3 is 1. The standard InChI is InChI=1S/C13H22N2OS/c1-15(2)8-9-17-13(10-14)11-6-4-5-7-12(11)16-3/h4-7,13H,8-10,14H2,1-3H3. The van der Waals surface area contributed by atoms with Crippen LogP contribution in [-0.4, -0.2) is 44.9 Å². The second-order valence-electron chi connectivity index (χ2n) is 4.14. The van der Waals surface area contributed by atoms with Crippen molar-refractivity contribution in [1.29, 1.82) is 0 Å². The molecule has 0 aliphatic heterocycles. The van der Waals surface area contributed by atoms with E-state index >= 15 is 0 Å². The van der Waals surface area contributed by atoms with Crippen LogP contribution < -0.4 is 10.5 Å². The molecule has 1 atom stereocenters. The summed E-state index contributed by atoms with van der Waals surface area (Å²) in [5.41, 5.74) is 7.05. The number of para-hydroxylation sites is 1. The lowest BCUT2D eigenvalue weighted by Crippen LogP contribution is -2.17. The van der Waals surface area contributed by atoms with E-state index in [2.05, 4.69) is 25.1 Å². The van der Waals surface area contributed by atoms with E-state index in [9.17, 15) is 0 Å². The van der Waals surface area contributed by atoms with E-state index in [1.807, 2.05) is 30.0 Å². The molecule has 1 rings (SSSR count). The summed E-state index contributed by atoms with van der Waals surface area (Å²) in [4.78, 5) is 2.18. The van der Waals surface area contributed by atoms with Crippen LogP contribution in [0.1, 0.15) is 10.8 Å². The monoisotopic (exact) mass is 254 g/mol. The number of nitrogens with zero attached hydrogens (tertiary/aromatic N) is 1. The first-order valence-corrected chi connectivity index (χ1v) is 6.83. The molecule has 0 aromatic heterocycles. The first-order chi connectivity index (χ1) is 8.19. The van der Waals surface area contributed by atoms with E-state index in [0.717, 1.165) is 18.0 Å². The Balaban J connectivity index is 2.65. The van der Waals surface area contributed by atoms with Crippen LogP contribution in [0.5, 0.6) is 5.75 Å². The minimum Gasteiger partial charge on any atom is -0.496 e. The lowest BCUT2D eigenvalue weighted by molar-refractivity contribution is 0.409. The number of ether oxygens (including phenoxy) is 1. The molecule has 1 aromatic rings. The zero-order chi connectivity index (χ0) is 12.7. The van der Waals surface area contributed by atoms with Gasteiger partial charge in [0.25, 0.3) is 0 Å². The number of benzene rings is 1. The van der Waals surface area contributed by atoms with Crippen molar-refractivity contribution in [1.82, 2.24) is 4.90 Å². The van der Waals surface area contributed by atoms with Gasteiger partial charge in [0.15, 0.2) is 0 Å². The van der Waals surface area contributed by atoms with Gasteiger partial charge in [-0.3, -0.25) is 0 Å². The van der Waals surface area contributed by atoms with E-state index in [4.69, 9.17) is 10.5 Å². The van der Waals surface area contributed by atoms with Crippen LogP contribution >= 0.6 is 11.8 Å². The molecule has 0 amide bonds. The van der Waals surface area contributed by atoms with Crippen molar-refractivity contribution in [3.05, 3.63) is 29.8 Å². The van der Waals surface area contributed by atoms with Crippen molar-refractivity contribution in [2.75, 3.05) is 40.0 Å². The summed E-state index contributed by atoms with van der Waals surface area (Å²) in [5.74, 6) is 2.01. The van der Waals surface area contributed by atoms with Crippen LogP contribution in [0.15, 0.2) is 24.3 Å². The van der Waals surface area contributed by atoms with Gasteiger partial charge in [0, 0.05) is 29.7 Å². The van der Waals surface area contributed by atoms with Crippen LogP contribution in [0.25, 0.3) is 0 Å². The lowest BCUT2D eigenvalue weighted by Gasteiger charge is -2.18. The summed E-state index contributed by atoms with van der Waals surface area (Å²) < 4.78 is 5.38. The molecule has 3 nitrogen and oxygen atoms in total. The normalized spacial score (nSPS) is 12.8. The Bertz CT molecular complexity index is 331. The minimum absolute atomic E-state index is 0.311. The fraction of sp³-hybridized carbons (Fsp3) is 0.538. The lowest BCUT2D eigenvalue weighted by atomic mass is 10.1. The topological polar surface area (TPSA) is 38.5 Å². The molecular formula is C13H22N2OS. The Morgan fingerprint density at radius 1 is 1.35 bits per heavy atom. The van der Waals surface area contributed by atoms with E-state index in [1.54, 1.807) is 7.11 Å². The van der Waals surface area contributed by atoms with E-state index < -0.39 is 0 Å². The highest BCUT2D eigenvalue weighted by molar-refractivity contribution is 7.99. The molecule has 1 aromatic carbocycles. The van der Waals surface area contributed by atoms with Gasteiger partial charge in [-0.2, -0.15) is 11.8 Å². The maximum atomic E-state index is 5.86. The zero-order valence-electron chi connectivity index (χ0n) is 10.8. The van der Waals surface area contributed by atoms with Crippen molar-refractivity contribution < 1.29 is 4.74 Å². The minimum atomic E-state index is 0.311. The van der Waals surface area contributed by atoms with Gasteiger partial charge in [0.2, 0.25) is 0 Å². The molecule has 0 radical (unpaired) electrons. The van der Waals surface area contributed by atoms with Gasteiger partial charge in [-0.05, 0) is 20.2 Å². The summed E-state index contributed by atoms with van der Waals surface area (Å²) in [7, 11) is 5.87. The first-order valence-electron chi connectivity index (χ1n) is 5.78. The molecule has 17 heavy (non-hydrogen) atoms. The smallest absolute Gasteiger partial charge is 0.123 e. The van der Waals surface area contributed by atoms with Crippen LogP contribution in [0.3, 0.4) is 0 Å². The zero-order valence-corrected chi connectivity index (χ0v) is 11.7. The molecule has 1 unspecified atom stereocenters. The molecule has 0 aliphatic rings. The third-order valence-electron chi connectivity index (χ3n) is 2.56. The Morgan fingerprint density at radius 3 is 2.65 bits per heavy atom. The predicted octanol–water partition coefficient (Wildman–Crippen LogP) is 1.99. The number of hydrogen-bond donors (Lipinski definition) is 1. The summed E-state index contributed by atoms with van der Waals surface area (Å²) in [6.07, 6.45) is 0. The Morgan fingerprint density at radius 2 is 2.06 bits per heavy atom. The Hall–Kier alpha value is -0.710. The fourth-order valence-corrected chi connectivity index (χ4v) is 2.86. The Labute approximate surface area is 108 Å². The predicted molar refractivity (Wildman–Crippen MR) is 75.8 cm³/mol. The molecule has 0 saturated heterocycles. The highest BCUT2D eigenvalue weighted by Gasteiger charge is 2.14. The Kier molecular flexibility index (Phi) is 6.40. The van der Waals surface area contributed by atoms with Gasteiger partial charge in [0.1, 0.15) is 5.75 Å². The third kappa shape index (κ3) is 4.58. The van der Waals surface area contributed by atoms with Crippen molar-refractivity contribution in [2.24, 2.45) is 5.73 Å². The van der Waals surface area contributed by atoms with Crippen LogP contribution in [-0.2, 0) is 0 Å². The van der Waals surface area contributed by atoms with Crippen molar-refractivity contribution in [2.45, 2.75) is 5.25 Å². The average Bonchev–Trinajstić information content (AvgIpc) is 2.34. The van der Waals surface area contributed by atoms with E-state index in [1.165, 1.54) is 5.56 Å². The summed E-state index contributed by atoms with van der Waals surface area (Å²) in [5, 5.41) is 0.311. The quantitative estimate of drug-likeness (QED) is 0.807. The fourth-order valence-electron chi connectivity index (χ4n) is 1.59. The number of rotatable bonds is 7. The van der Waals surface area contributed by atoms with Gasteiger partial charge in [-0.1, -0.05) is 18.2 Å². The molecule has 0 heterocycles. The SMILES string of the molecule is COc1ccccc1C(CN)SCCN(C)C. The third-order valence-corrected chi connectivity index (χ3v) is 3.82. The highest BCUT2D eigenvalue weighted by Crippen LogP contribution is 2.33. The summed E-state index contributed by atoms with van der Waals surface area (Å²) in [6, 6.07) is 8.11. The molecule has 0 spiro atoms. The summed E-state index contributed by atoms with van der Waals surface area (Å²) in [6.45, 7) is 1.70. The number of thioether (sulfide) groups is 1. The maximum Gasteiger partial charge on any atom is 0.123 e. The van der Waals surface area contributed by atoms with E-state index in [-0.39, 0.29) is 0 Å². The van der Waals surface area contributed by atoms with Gasteiger partial charge >= 0.3 is 0 Å². The van der Waals surface area contributed by atoms with Crippen LogP contribution in [0.2, 0.25) is 0 Å². The van der Waals surface area contributed by atoms with Crippen molar-refractivity contribution in [3.63, 3.8) is 0 Å². The molecule has 0 saturated carbocycles. The second kappa shape index (κ2) is 7.58. The molecule has 4 heteroatoms. The van der Waals surface area contributed by atoms with Gasteiger partial charge < -0.3 is 15.4 Å². The highest BCUT2D eigenvalue weighted by atomic mass is 32.2. The van der Waals surface area contributed by atoms with Crippen molar-refractivity contribution >= 4 is 11.8 Å². The van der Waals surface area contributed by atoms with Gasteiger partial charge in [0.05, 0.1) is 7.11 Å². The second-order valence-corrected chi connectivity index (χ2v) is 5.45. The number of hydrogen-bond acceptors (Lipinski definition) is 4. The van der Waals surface area contributed by atoms with E-state index in [0.29, 0.717) is 11.8 Å². The first kappa shape index (κ1) is 14.4. The molecule has 2 N–H and O–H groups in total. The molecule has 0 fully saturated rings. The molecule has 96 valence electrons. The molecule has 0 bridgehead atoms. The van der Waals surface area contributed by atoms with Crippen LogP contribution in [0.4, 0.5) is 0 Å². The average molecular weight is 254 g/mol. The molecule has 0 aliphatic carbocycles. The van der Waals surface area contributed by atoms with Crippen molar-refractivity contribution in [3.8, 4) is 5.75 Å². The maximum absolute atomic E-state index is 5.86. The van der Waals surface area contributed by atoms with Gasteiger partial charge in [-0.15, -0.1) is 0 Å². The van der Waals surface area contributed by atoms with Crippen LogP contribution in [0, 0.1) is 0 Å². The largest absolute Gasteiger partial charge is 0.496 e. The number of nitrogens with two attached hydrogens (primary N) is 1. The van der Waals surface area contributed by atoms with Gasteiger partial charge in [-0.25, -0.2) is 0 Å². The molecular weight excluding hydrogens is 232 g/mol.